The molecule has 0 saturated heterocycles. The third-order valence-corrected chi connectivity index (χ3v) is 4.22. The molecule has 0 spiro atoms. The number of aliphatic imine (C=N–C) groups is 2. The van der Waals surface area contributed by atoms with Gasteiger partial charge in [-0.25, -0.2) is 9.98 Å². The quantitative estimate of drug-likeness (QED) is 0.612. The molecule has 0 N–H and O–H groups in total. The van der Waals surface area contributed by atoms with Crippen LogP contribution in [0.1, 0.15) is 38.8 Å². The van der Waals surface area contributed by atoms with Crippen LogP contribution < -0.4 is 0 Å². The lowest BCUT2D eigenvalue weighted by Crippen LogP contribution is -2.10. The summed E-state index contributed by atoms with van der Waals surface area (Å²) < 4.78 is 0. The first-order valence-corrected chi connectivity index (χ1v) is 8.55. The minimum absolute atomic E-state index is 0.240. The average molecular weight is 337 g/mol. The van der Waals surface area contributed by atoms with E-state index < -0.39 is 0 Å². The van der Waals surface area contributed by atoms with E-state index >= 15 is 0 Å². The van der Waals surface area contributed by atoms with Crippen LogP contribution in [0.2, 0.25) is 5.02 Å². The standard InChI is InChI=1S/C21H21ClN2/c1-13(2)19-17-12-16(22)10-11-18(17)23-21(14(3)4)24-20(19)15-8-6-5-7-9-15/h5-12,14H,1-4H3. The highest BCUT2D eigenvalue weighted by molar-refractivity contribution is 6.37. The van der Waals surface area contributed by atoms with Gasteiger partial charge in [-0.05, 0) is 32.0 Å². The van der Waals surface area contributed by atoms with Crippen molar-refractivity contribution in [2.45, 2.75) is 27.7 Å². The second kappa shape index (κ2) is 6.74. The topological polar surface area (TPSA) is 24.7 Å². The first kappa shape index (κ1) is 16.7. The Bertz CT molecular complexity index is 855. The number of amidine groups is 1. The third-order valence-electron chi connectivity index (χ3n) is 3.99. The van der Waals surface area contributed by atoms with Gasteiger partial charge in [-0.3, -0.25) is 0 Å². The van der Waals surface area contributed by atoms with Crippen LogP contribution in [0.4, 0.5) is 5.69 Å². The van der Waals surface area contributed by atoms with Gasteiger partial charge in [0.05, 0.1) is 11.4 Å². The van der Waals surface area contributed by atoms with Crippen molar-refractivity contribution in [2.75, 3.05) is 0 Å². The molecule has 2 aromatic carbocycles. The van der Waals surface area contributed by atoms with Crippen LogP contribution in [-0.4, -0.2) is 11.5 Å². The van der Waals surface area contributed by atoms with Gasteiger partial charge >= 0.3 is 0 Å². The number of allylic oxidation sites excluding steroid dienone is 2. The molecule has 0 atom stereocenters. The van der Waals surface area contributed by atoms with Crippen LogP contribution >= 0.6 is 11.6 Å². The van der Waals surface area contributed by atoms with E-state index in [1.807, 2.05) is 36.4 Å². The SMILES string of the molecule is CC(C)=C1C(c2ccccc2)=NC(C(C)C)=Nc2ccc(Cl)cc21. The van der Waals surface area contributed by atoms with E-state index in [4.69, 9.17) is 21.6 Å². The van der Waals surface area contributed by atoms with Gasteiger partial charge in [0.2, 0.25) is 0 Å². The lowest BCUT2D eigenvalue weighted by Gasteiger charge is -2.14. The number of fused-ring (bicyclic) bond motifs is 1. The molecule has 1 aliphatic heterocycles. The van der Waals surface area contributed by atoms with Crippen molar-refractivity contribution in [1.29, 1.82) is 0 Å². The Hall–Kier alpha value is -2.19. The molecule has 2 aromatic rings. The van der Waals surface area contributed by atoms with E-state index in [0.717, 1.165) is 33.9 Å². The summed E-state index contributed by atoms with van der Waals surface area (Å²) in [6.45, 7) is 8.46. The summed E-state index contributed by atoms with van der Waals surface area (Å²) >= 11 is 6.28. The van der Waals surface area contributed by atoms with Crippen molar-refractivity contribution < 1.29 is 0 Å². The van der Waals surface area contributed by atoms with Crippen LogP contribution in [0.15, 0.2) is 64.1 Å². The van der Waals surface area contributed by atoms with E-state index in [2.05, 4.69) is 39.8 Å². The lowest BCUT2D eigenvalue weighted by atomic mass is 9.91. The summed E-state index contributed by atoms with van der Waals surface area (Å²) in [5, 5.41) is 0.711. The average Bonchev–Trinajstić information content (AvgIpc) is 2.72. The Labute approximate surface area is 148 Å². The molecule has 1 aliphatic rings. The largest absolute Gasteiger partial charge is 0.233 e. The smallest absolute Gasteiger partial charge is 0.132 e. The molecule has 2 nitrogen and oxygen atoms in total. The summed E-state index contributed by atoms with van der Waals surface area (Å²) in [6, 6.07) is 16.1. The summed E-state index contributed by atoms with van der Waals surface area (Å²) in [4.78, 5) is 9.78. The van der Waals surface area contributed by atoms with Crippen LogP contribution in [0.3, 0.4) is 0 Å². The lowest BCUT2D eigenvalue weighted by molar-refractivity contribution is 0.874. The normalized spacial score (nSPS) is 14.0. The monoisotopic (exact) mass is 336 g/mol. The van der Waals surface area contributed by atoms with Crippen LogP contribution in [0.5, 0.6) is 0 Å². The molecular weight excluding hydrogens is 316 g/mol. The minimum atomic E-state index is 0.240. The Morgan fingerprint density at radius 1 is 0.958 bits per heavy atom. The minimum Gasteiger partial charge on any atom is -0.233 e. The van der Waals surface area contributed by atoms with Gasteiger partial charge in [0, 0.05) is 27.6 Å². The maximum Gasteiger partial charge on any atom is 0.132 e. The van der Waals surface area contributed by atoms with Gasteiger partial charge in [-0.15, -0.1) is 0 Å². The Kier molecular flexibility index (Phi) is 4.68. The van der Waals surface area contributed by atoms with Crippen molar-refractivity contribution in [1.82, 2.24) is 0 Å². The molecule has 0 aromatic heterocycles. The van der Waals surface area contributed by atoms with Crippen molar-refractivity contribution in [3.63, 3.8) is 0 Å². The van der Waals surface area contributed by atoms with Gasteiger partial charge in [0.1, 0.15) is 5.84 Å². The first-order chi connectivity index (χ1) is 11.5. The molecule has 0 bridgehead atoms. The second-order valence-electron chi connectivity index (χ2n) is 6.49. The Morgan fingerprint density at radius 3 is 2.29 bits per heavy atom. The summed E-state index contributed by atoms with van der Waals surface area (Å²) in [5.41, 5.74) is 6.33. The van der Waals surface area contributed by atoms with Gasteiger partial charge < -0.3 is 0 Å². The van der Waals surface area contributed by atoms with Crippen LogP contribution in [-0.2, 0) is 0 Å². The van der Waals surface area contributed by atoms with Crippen molar-refractivity contribution >= 4 is 34.4 Å². The fourth-order valence-corrected chi connectivity index (χ4v) is 2.99. The van der Waals surface area contributed by atoms with Gasteiger partial charge in [0.25, 0.3) is 0 Å². The third kappa shape index (κ3) is 3.20. The zero-order valence-electron chi connectivity index (χ0n) is 14.5. The number of hydrogen-bond acceptors (Lipinski definition) is 2. The molecule has 0 saturated carbocycles. The predicted molar refractivity (Wildman–Crippen MR) is 105 cm³/mol. The van der Waals surface area contributed by atoms with Gasteiger partial charge in [-0.1, -0.05) is 61.4 Å². The van der Waals surface area contributed by atoms with Crippen LogP contribution in [0, 0.1) is 5.92 Å². The summed E-state index contributed by atoms with van der Waals surface area (Å²) in [7, 11) is 0. The maximum absolute atomic E-state index is 6.28. The molecule has 0 unspecified atom stereocenters. The Balaban J connectivity index is 2.35. The molecule has 0 fully saturated rings. The molecule has 3 heteroatoms. The molecule has 0 aliphatic carbocycles. The first-order valence-electron chi connectivity index (χ1n) is 8.18. The van der Waals surface area contributed by atoms with Gasteiger partial charge in [0.15, 0.2) is 0 Å². The van der Waals surface area contributed by atoms with Crippen molar-refractivity contribution in [2.24, 2.45) is 15.9 Å². The number of halogens is 1. The summed E-state index contributed by atoms with van der Waals surface area (Å²) in [5.74, 6) is 1.08. The fraction of sp³-hybridized carbons (Fsp3) is 0.238. The number of hydrogen-bond donors (Lipinski definition) is 0. The molecule has 0 amide bonds. The number of nitrogens with zero attached hydrogens (tertiary/aromatic N) is 2. The highest BCUT2D eigenvalue weighted by Crippen LogP contribution is 2.36. The maximum atomic E-state index is 6.28. The fourth-order valence-electron chi connectivity index (χ4n) is 2.82. The van der Waals surface area contributed by atoms with E-state index in [9.17, 15) is 0 Å². The van der Waals surface area contributed by atoms with E-state index in [0.29, 0.717) is 5.02 Å². The number of benzene rings is 2. The molecule has 122 valence electrons. The predicted octanol–water partition coefficient (Wildman–Crippen LogP) is 6.32. The van der Waals surface area contributed by atoms with E-state index in [1.54, 1.807) is 0 Å². The molecule has 3 rings (SSSR count). The van der Waals surface area contributed by atoms with E-state index in [-0.39, 0.29) is 5.92 Å². The molecule has 0 radical (unpaired) electrons. The van der Waals surface area contributed by atoms with Crippen molar-refractivity contribution in [3.8, 4) is 0 Å². The zero-order chi connectivity index (χ0) is 17.3. The Morgan fingerprint density at radius 2 is 1.67 bits per heavy atom. The van der Waals surface area contributed by atoms with Crippen molar-refractivity contribution in [3.05, 3.63) is 70.3 Å². The summed E-state index contributed by atoms with van der Waals surface area (Å²) in [6.07, 6.45) is 0. The highest BCUT2D eigenvalue weighted by atomic mass is 35.5. The highest BCUT2D eigenvalue weighted by Gasteiger charge is 2.22. The van der Waals surface area contributed by atoms with Gasteiger partial charge in [-0.2, -0.15) is 0 Å². The second-order valence-corrected chi connectivity index (χ2v) is 6.92. The zero-order valence-corrected chi connectivity index (χ0v) is 15.2. The number of rotatable bonds is 2. The van der Waals surface area contributed by atoms with E-state index in [1.165, 1.54) is 5.57 Å². The van der Waals surface area contributed by atoms with Crippen LogP contribution in [0.25, 0.3) is 5.57 Å². The molecule has 1 heterocycles. The molecule has 24 heavy (non-hydrogen) atoms. The molecular formula is C21H21ClN2.